The van der Waals surface area contributed by atoms with E-state index in [2.05, 4.69) is 39.4 Å². The molecule has 1 amide bonds. The molecule has 0 bridgehead atoms. The average molecular weight is 318 g/mol. The van der Waals surface area contributed by atoms with Crippen molar-refractivity contribution in [3.8, 4) is 0 Å². The van der Waals surface area contributed by atoms with Gasteiger partial charge in [-0.05, 0) is 19.1 Å². The Morgan fingerprint density at radius 1 is 1.17 bits per heavy atom. The first-order valence-electron chi connectivity index (χ1n) is 8.47. The summed E-state index contributed by atoms with van der Waals surface area (Å²) in [5.74, 6) is 0. The number of amides is 1. The first-order chi connectivity index (χ1) is 11.3. The predicted molar refractivity (Wildman–Crippen MR) is 90.6 cm³/mol. The number of nitrogens with zero attached hydrogens (tertiary/aromatic N) is 3. The van der Waals surface area contributed by atoms with E-state index in [4.69, 9.17) is 4.74 Å². The number of para-hydroxylation sites is 1. The van der Waals surface area contributed by atoms with Crippen LogP contribution in [-0.2, 0) is 4.74 Å². The minimum absolute atomic E-state index is 0.0742. The fourth-order valence-electron chi connectivity index (χ4n) is 3.35. The van der Waals surface area contributed by atoms with E-state index in [0.717, 1.165) is 39.3 Å². The molecule has 2 aliphatic heterocycles. The van der Waals surface area contributed by atoms with Crippen LogP contribution in [-0.4, -0.2) is 74.5 Å². The summed E-state index contributed by atoms with van der Waals surface area (Å²) >= 11 is 0. The molecule has 2 heterocycles. The molecule has 0 spiro atoms. The molecule has 0 radical (unpaired) electrons. The zero-order valence-electron chi connectivity index (χ0n) is 13.8. The molecule has 2 saturated heterocycles. The lowest BCUT2D eigenvalue weighted by molar-refractivity contribution is 0.0172. The third kappa shape index (κ3) is 3.76. The van der Waals surface area contributed by atoms with E-state index in [-0.39, 0.29) is 12.3 Å². The second-order valence-electron chi connectivity index (χ2n) is 5.94. The number of benzene rings is 1. The molecule has 6 heteroatoms. The Hall–Kier alpha value is -1.79. The van der Waals surface area contributed by atoms with Gasteiger partial charge < -0.3 is 15.0 Å². The zero-order chi connectivity index (χ0) is 16.1. The van der Waals surface area contributed by atoms with Gasteiger partial charge in [0.25, 0.3) is 0 Å². The topological polar surface area (TPSA) is 48.1 Å². The summed E-state index contributed by atoms with van der Waals surface area (Å²) in [6, 6.07) is 10.4. The molecule has 1 aromatic rings. The van der Waals surface area contributed by atoms with Crippen LogP contribution in [0.15, 0.2) is 30.3 Å². The third-order valence-electron chi connectivity index (χ3n) is 4.55. The van der Waals surface area contributed by atoms with Gasteiger partial charge >= 0.3 is 6.09 Å². The van der Waals surface area contributed by atoms with Crippen LogP contribution in [0, 0.1) is 0 Å². The highest BCUT2D eigenvalue weighted by Gasteiger charge is 2.35. The molecule has 126 valence electrons. The number of carbonyl (C=O) groups excluding carboxylic acids is 1. The van der Waals surface area contributed by atoms with Crippen LogP contribution in [0.5, 0.6) is 0 Å². The standard InChI is InChI=1S/C17H26N4O2/c1-2-23-17(22)21-13-12-20(15-6-4-3-5-7-15)14-16(21)19-10-8-18-9-11-19/h3-7,16,18H,2,8-14H2,1H3. The number of hydrogen-bond donors (Lipinski definition) is 1. The smallest absolute Gasteiger partial charge is 0.411 e. The molecule has 0 aromatic heterocycles. The molecule has 6 nitrogen and oxygen atoms in total. The normalized spacial score (nSPS) is 22.9. The van der Waals surface area contributed by atoms with Gasteiger partial charge in [0.15, 0.2) is 0 Å². The number of rotatable bonds is 3. The van der Waals surface area contributed by atoms with Crippen molar-refractivity contribution in [3.63, 3.8) is 0 Å². The van der Waals surface area contributed by atoms with E-state index in [1.54, 1.807) is 0 Å². The van der Waals surface area contributed by atoms with Crippen molar-refractivity contribution in [2.45, 2.75) is 13.1 Å². The highest BCUT2D eigenvalue weighted by Crippen LogP contribution is 2.21. The Morgan fingerprint density at radius 2 is 1.91 bits per heavy atom. The molecule has 23 heavy (non-hydrogen) atoms. The van der Waals surface area contributed by atoms with Crippen LogP contribution in [0.25, 0.3) is 0 Å². The van der Waals surface area contributed by atoms with Crippen molar-refractivity contribution in [2.24, 2.45) is 0 Å². The lowest BCUT2D eigenvalue weighted by Crippen LogP contribution is -2.64. The highest BCUT2D eigenvalue weighted by atomic mass is 16.6. The van der Waals surface area contributed by atoms with E-state index in [0.29, 0.717) is 13.2 Å². The Kier molecular flexibility index (Phi) is 5.35. The summed E-state index contributed by atoms with van der Waals surface area (Å²) < 4.78 is 5.27. The van der Waals surface area contributed by atoms with E-state index in [9.17, 15) is 4.79 Å². The summed E-state index contributed by atoms with van der Waals surface area (Å²) in [6.45, 7) is 8.50. The van der Waals surface area contributed by atoms with Crippen molar-refractivity contribution >= 4 is 11.8 Å². The van der Waals surface area contributed by atoms with Crippen LogP contribution in [0.2, 0.25) is 0 Å². The predicted octanol–water partition coefficient (Wildman–Crippen LogP) is 1.20. The van der Waals surface area contributed by atoms with Gasteiger partial charge in [0.05, 0.1) is 13.2 Å². The Balaban J connectivity index is 1.76. The molecular weight excluding hydrogens is 292 g/mol. The van der Waals surface area contributed by atoms with Gasteiger partial charge in [-0.1, -0.05) is 18.2 Å². The number of hydrogen-bond acceptors (Lipinski definition) is 5. The summed E-state index contributed by atoms with van der Waals surface area (Å²) in [7, 11) is 0. The summed E-state index contributed by atoms with van der Waals surface area (Å²) in [5.41, 5.74) is 1.22. The maximum atomic E-state index is 12.3. The molecular formula is C17H26N4O2. The second-order valence-corrected chi connectivity index (χ2v) is 5.94. The molecule has 3 rings (SSSR count). The number of carbonyl (C=O) groups is 1. The number of nitrogens with one attached hydrogen (secondary N) is 1. The Labute approximate surface area is 138 Å². The van der Waals surface area contributed by atoms with Crippen molar-refractivity contribution < 1.29 is 9.53 Å². The minimum Gasteiger partial charge on any atom is -0.450 e. The third-order valence-corrected chi connectivity index (χ3v) is 4.55. The van der Waals surface area contributed by atoms with E-state index < -0.39 is 0 Å². The quantitative estimate of drug-likeness (QED) is 0.907. The first kappa shape index (κ1) is 16.1. The summed E-state index contributed by atoms with van der Waals surface area (Å²) in [4.78, 5) is 19.0. The molecule has 2 fully saturated rings. The fourth-order valence-corrected chi connectivity index (χ4v) is 3.35. The summed E-state index contributed by atoms with van der Waals surface area (Å²) in [5, 5.41) is 3.38. The van der Waals surface area contributed by atoms with Crippen molar-refractivity contribution in [3.05, 3.63) is 30.3 Å². The molecule has 1 aromatic carbocycles. The maximum Gasteiger partial charge on any atom is 0.411 e. The second kappa shape index (κ2) is 7.66. The van der Waals surface area contributed by atoms with Gasteiger partial charge in [-0.25, -0.2) is 4.79 Å². The molecule has 2 aliphatic rings. The average Bonchev–Trinajstić information content (AvgIpc) is 2.63. The SMILES string of the molecule is CCOC(=O)N1CCN(c2ccccc2)CC1N1CCNCC1. The monoisotopic (exact) mass is 318 g/mol. The van der Waals surface area contributed by atoms with E-state index in [1.807, 2.05) is 17.9 Å². The lowest BCUT2D eigenvalue weighted by atomic mass is 10.2. The van der Waals surface area contributed by atoms with Crippen LogP contribution < -0.4 is 10.2 Å². The first-order valence-corrected chi connectivity index (χ1v) is 8.47. The Bertz CT molecular complexity index is 505. The Morgan fingerprint density at radius 3 is 2.61 bits per heavy atom. The van der Waals surface area contributed by atoms with Gasteiger partial charge in [-0.3, -0.25) is 9.80 Å². The lowest BCUT2D eigenvalue weighted by Gasteiger charge is -2.47. The van der Waals surface area contributed by atoms with Gasteiger partial charge in [0, 0.05) is 45.0 Å². The van der Waals surface area contributed by atoms with Gasteiger partial charge in [-0.15, -0.1) is 0 Å². The van der Waals surface area contributed by atoms with Crippen LogP contribution in [0.3, 0.4) is 0 Å². The van der Waals surface area contributed by atoms with E-state index >= 15 is 0 Å². The minimum atomic E-state index is -0.191. The zero-order valence-corrected chi connectivity index (χ0v) is 13.8. The molecule has 0 aliphatic carbocycles. The van der Waals surface area contributed by atoms with Gasteiger partial charge in [0.2, 0.25) is 0 Å². The van der Waals surface area contributed by atoms with Crippen molar-refractivity contribution in [1.29, 1.82) is 0 Å². The number of piperazine rings is 2. The van der Waals surface area contributed by atoms with Crippen molar-refractivity contribution in [2.75, 3.05) is 57.3 Å². The maximum absolute atomic E-state index is 12.3. The number of ether oxygens (including phenoxy) is 1. The molecule has 0 saturated carbocycles. The van der Waals surface area contributed by atoms with E-state index in [1.165, 1.54) is 5.69 Å². The van der Waals surface area contributed by atoms with Gasteiger partial charge in [-0.2, -0.15) is 0 Å². The van der Waals surface area contributed by atoms with Crippen LogP contribution in [0.4, 0.5) is 10.5 Å². The van der Waals surface area contributed by atoms with Crippen LogP contribution >= 0.6 is 0 Å². The van der Waals surface area contributed by atoms with Crippen LogP contribution in [0.1, 0.15) is 6.92 Å². The molecule has 1 unspecified atom stereocenters. The highest BCUT2D eigenvalue weighted by molar-refractivity contribution is 5.68. The number of anilines is 1. The fraction of sp³-hybridized carbons (Fsp3) is 0.588. The largest absolute Gasteiger partial charge is 0.450 e. The van der Waals surface area contributed by atoms with Gasteiger partial charge in [0.1, 0.15) is 6.17 Å². The molecule has 1 atom stereocenters. The van der Waals surface area contributed by atoms with Crippen molar-refractivity contribution in [1.82, 2.24) is 15.1 Å². The molecule has 1 N–H and O–H groups in total. The summed E-state index contributed by atoms with van der Waals surface area (Å²) in [6.07, 6.45) is -0.117.